The molecule has 9 aromatic rings. The fourth-order valence-corrected chi connectivity index (χ4v) is 5.20. The summed E-state index contributed by atoms with van der Waals surface area (Å²) in [6, 6.07) is -20.5. The minimum Gasteiger partial charge on any atom is -0.456 e. The van der Waals surface area contributed by atoms with Gasteiger partial charge in [-0.15, -0.1) is 0 Å². The van der Waals surface area contributed by atoms with Crippen LogP contribution < -0.4 is 0 Å². The lowest BCUT2D eigenvalue weighted by molar-refractivity contribution is 0.669. The van der Waals surface area contributed by atoms with Crippen LogP contribution in [0.1, 0.15) is 34.3 Å². The fraction of sp³-hybridized carbons (Fsp3) is 0. The first-order valence-corrected chi connectivity index (χ1v) is 12.7. The van der Waals surface area contributed by atoms with E-state index in [-0.39, 0.29) is 16.4 Å². The molecule has 0 saturated carbocycles. The van der Waals surface area contributed by atoms with Gasteiger partial charge < -0.3 is 4.42 Å². The summed E-state index contributed by atoms with van der Waals surface area (Å²) in [5.74, 6) is 0. The zero-order valence-corrected chi connectivity index (χ0v) is 21.5. The molecule has 0 N–H and O–H groups in total. The molecule has 0 unspecified atom stereocenters. The largest absolute Gasteiger partial charge is 0.456 e. The highest BCUT2D eigenvalue weighted by molar-refractivity contribution is 6.21. The van der Waals surface area contributed by atoms with Gasteiger partial charge in [-0.05, 0) is 83.8 Å². The molecule has 8 aromatic carbocycles. The molecule has 0 amide bonds. The van der Waals surface area contributed by atoms with Gasteiger partial charge in [0.15, 0.2) is 0 Å². The maximum Gasteiger partial charge on any atom is 0.136 e. The maximum atomic E-state index is 9.55. The van der Waals surface area contributed by atoms with Gasteiger partial charge in [-0.1, -0.05) is 139 Å². The Hall–Kier alpha value is -5.66. The molecule has 43 heavy (non-hydrogen) atoms. The Labute approximate surface area is 284 Å². The van der Waals surface area contributed by atoms with Gasteiger partial charge in [0.1, 0.15) is 11.2 Å². The SMILES string of the molecule is [2H]c1cc2oc3c([2H])c4c(-c5c([2H])c([2H])c(-c6c7c([2H])c([2H])c([2H])c([2H])c7c(-c7c([2H])c([2H])c([2H])c([2H])c7[2H])c7c([2H])c([2H])c([2H])c([2H])c67)c([2H])c5[2H])c([2H])c([2H])c([2H])c4c([2H])c3c2c([2H])c1[2H]. The molecule has 0 aliphatic carbocycles. The Balaban J connectivity index is 1.52. The summed E-state index contributed by atoms with van der Waals surface area (Å²) in [7, 11) is 0. The Morgan fingerprint density at radius 3 is 1.60 bits per heavy atom. The number of benzene rings is 8. The lowest BCUT2D eigenvalue weighted by Gasteiger charge is -2.18. The number of para-hydroxylation sites is 1. The average Bonchev–Trinajstić information content (AvgIpc) is 3.70. The topological polar surface area (TPSA) is 13.1 Å². The van der Waals surface area contributed by atoms with Crippen LogP contribution in [-0.2, 0) is 0 Å². The molecule has 0 bridgehead atoms. The normalized spacial score (nSPS) is 19.9. The number of hydrogen-bond acceptors (Lipinski definition) is 1. The van der Waals surface area contributed by atoms with E-state index in [0.717, 1.165) is 6.07 Å². The van der Waals surface area contributed by atoms with Crippen molar-refractivity contribution in [1.29, 1.82) is 0 Å². The summed E-state index contributed by atoms with van der Waals surface area (Å²) >= 11 is 0. The molecule has 0 aliphatic rings. The van der Waals surface area contributed by atoms with Crippen LogP contribution in [0.3, 0.4) is 0 Å². The molecule has 1 heterocycles. The first kappa shape index (κ1) is 9.97. The van der Waals surface area contributed by atoms with E-state index in [0.29, 0.717) is 0 Å². The highest BCUT2D eigenvalue weighted by Gasteiger charge is 2.17. The number of furan rings is 1. The average molecular weight is 572 g/mol. The van der Waals surface area contributed by atoms with Crippen molar-refractivity contribution in [3.63, 3.8) is 0 Å². The third kappa shape index (κ3) is 3.72. The van der Waals surface area contributed by atoms with Gasteiger partial charge in [0, 0.05) is 10.8 Å². The van der Waals surface area contributed by atoms with E-state index in [1.807, 2.05) is 0 Å². The van der Waals surface area contributed by atoms with Crippen LogP contribution >= 0.6 is 0 Å². The molecule has 0 saturated heterocycles. The molecular formula is C42H26O. The Bertz CT molecular complexity index is 3770. The number of rotatable bonds is 3. The molecular weight excluding hydrogens is 520 g/mol. The summed E-state index contributed by atoms with van der Waals surface area (Å²) in [6.45, 7) is 0. The molecule has 0 spiro atoms. The van der Waals surface area contributed by atoms with Crippen molar-refractivity contribution >= 4 is 54.3 Å². The highest BCUT2D eigenvalue weighted by atomic mass is 16.3. The molecule has 200 valence electrons. The second-order valence-electron chi connectivity index (χ2n) is 9.33. The highest BCUT2D eigenvalue weighted by Crippen LogP contribution is 2.44. The lowest BCUT2D eigenvalue weighted by Crippen LogP contribution is -1.90. The van der Waals surface area contributed by atoms with E-state index < -0.39 is 222 Å². The minimum absolute atomic E-state index is 0.162. The van der Waals surface area contributed by atoms with Crippen molar-refractivity contribution < 1.29 is 38.7 Å². The molecule has 1 nitrogen and oxygen atoms in total. The Morgan fingerprint density at radius 1 is 0.372 bits per heavy atom. The van der Waals surface area contributed by atoms with E-state index >= 15 is 0 Å². The van der Waals surface area contributed by atoms with Crippen LogP contribution in [0.5, 0.6) is 0 Å². The van der Waals surface area contributed by atoms with Crippen molar-refractivity contribution in [2.24, 2.45) is 0 Å². The summed E-state index contributed by atoms with van der Waals surface area (Å²) in [5, 5.41) is -4.16. The van der Waals surface area contributed by atoms with Gasteiger partial charge in [-0.2, -0.15) is 0 Å². The second kappa shape index (κ2) is 9.44. The van der Waals surface area contributed by atoms with Gasteiger partial charge in [-0.3, -0.25) is 0 Å². The minimum atomic E-state index is -1.06. The predicted octanol–water partition coefficient (Wildman–Crippen LogP) is 12.0. The summed E-state index contributed by atoms with van der Waals surface area (Å²) < 4.78 is 228. The number of hydrogen-bond donors (Lipinski definition) is 0. The summed E-state index contributed by atoms with van der Waals surface area (Å²) in [5.41, 5.74) is -4.95. The maximum absolute atomic E-state index is 9.55. The van der Waals surface area contributed by atoms with Crippen LogP contribution in [0.25, 0.3) is 87.6 Å². The molecule has 0 fully saturated rings. The lowest BCUT2D eigenvalue weighted by atomic mass is 9.85. The monoisotopic (exact) mass is 571 g/mol. The third-order valence-electron chi connectivity index (χ3n) is 7.01. The van der Waals surface area contributed by atoms with Gasteiger partial charge in [-0.25, -0.2) is 0 Å². The Kier molecular flexibility index (Phi) is 2.19. The molecule has 0 aliphatic heterocycles. The smallest absolute Gasteiger partial charge is 0.136 e. The van der Waals surface area contributed by atoms with Crippen LogP contribution in [0.2, 0.25) is 0 Å². The second-order valence-corrected chi connectivity index (χ2v) is 9.33. The first-order chi connectivity index (χ1) is 31.7. The van der Waals surface area contributed by atoms with Crippen molar-refractivity contribution in [3.05, 3.63) is 157 Å². The molecule has 0 atom stereocenters. The van der Waals surface area contributed by atoms with Crippen molar-refractivity contribution in [2.45, 2.75) is 0 Å². The predicted molar refractivity (Wildman–Crippen MR) is 183 cm³/mol. The first-order valence-electron chi connectivity index (χ1n) is 25.2. The summed E-state index contributed by atoms with van der Waals surface area (Å²) in [6.07, 6.45) is 0. The van der Waals surface area contributed by atoms with Crippen LogP contribution in [0.4, 0.5) is 0 Å². The standard InChI is InChI=1S/C42H26O/c1-2-11-28(12-3-1)41-33-15-4-6-17-35(33)42(36-18-7-5-16-34(36)41)29-23-21-27(22-24-29)31-19-10-13-30-25-38-32-14-8-9-20-39(32)43-40(38)26-37(30)31/h1-26H/i1D,2D,3D,4D,5D,6D,7D,8D,9D,10D,11D,12D,13D,14D,15D,16D,17D,18D,19D,21D,22D,23D,24D,25D,26D. The van der Waals surface area contributed by atoms with Crippen LogP contribution in [0.15, 0.2) is 162 Å². The zero-order chi connectivity index (χ0) is 50.1. The van der Waals surface area contributed by atoms with Gasteiger partial charge in [0.2, 0.25) is 0 Å². The van der Waals surface area contributed by atoms with E-state index in [1.54, 1.807) is 0 Å². The van der Waals surface area contributed by atoms with E-state index in [1.165, 1.54) is 0 Å². The van der Waals surface area contributed by atoms with Gasteiger partial charge in [0.05, 0.1) is 34.3 Å². The third-order valence-corrected chi connectivity index (χ3v) is 7.01. The van der Waals surface area contributed by atoms with E-state index in [9.17, 15) is 13.7 Å². The van der Waals surface area contributed by atoms with Crippen LogP contribution in [0, 0.1) is 0 Å². The number of fused-ring (bicyclic) bond motifs is 6. The molecule has 1 heteroatoms. The zero-order valence-electron chi connectivity index (χ0n) is 46.5. The molecule has 1 aromatic heterocycles. The van der Waals surface area contributed by atoms with Crippen LogP contribution in [-0.4, -0.2) is 0 Å². The van der Waals surface area contributed by atoms with E-state index in [2.05, 4.69) is 0 Å². The van der Waals surface area contributed by atoms with Gasteiger partial charge in [0.25, 0.3) is 0 Å². The van der Waals surface area contributed by atoms with Crippen molar-refractivity contribution in [2.75, 3.05) is 0 Å². The fourth-order valence-electron chi connectivity index (χ4n) is 5.20. The van der Waals surface area contributed by atoms with E-state index in [4.69, 9.17) is 25.0 Å². The molecule has 9 rings (SSSR count). The summed E-state index contributed by atoms with van der Waals surface area (Å²) in [4.78, 5) is 0. The van der Waals surface area contributed by atoms with Crippen molar-refractivity contribution in [1.82, 2.24) is 0 Å². The quantitative estimate of drug-likeness (QED) is 0.192. The van der Waals surface area contributed by atoms with Crippen molar-refractivity contribution in [3.8, 4) is 33.4 Å². The molecule has 0 radical (unpaired) electrons. The van der Waals surface area contributed by atoms with Gasteiger partial charge >= 0.3 is 0 Å². The Morgan fingerprint density at radius 2 is 0.930 bits per heavy atom.